The van der Waals surface area contributed by atoms with Gasteiger partial charge in [-0.3, -0.25) is 4.79 Å². The molecular formula is C21H21N5OS2. The molecule has 4 heterocycles. The fourth-order valence-electron chi connectivity index (χ4n) is 3.75. The molecule has 0 saturated carbocycles. The molecule has 0 amide bonds. The third-order valence-corrected chi connectivity index (χ3v) is 7.25. The van der Waals surface area contributed by atoms with Gasteiger partial charge in [-0.25, -0.2) is 4.98 Å². The molecule has 1 aliphatic heterocycles. The van der Waals surface area contributed by atoms with Gasteiger partial charge in [0.15, 0.2) is 5.16 Å². The van der Waals surface area contributed by atoms with Crippen molar-refractivity contribution < 1.29 is 0 Å². The summed E-state index contributed by atoms with van der Waals surface area (Å²) >= 11 is 3.12. The van der Waals surface area contributed by atoms with E-state index in [2.05, 4.69) is 26.7 Å². The molecule has 4 aromatic rings. The highest BCUT2D eigenvalue weighted by atomic mass is 32.2. The van der Waals surface area contributed by atoms with Crippen molar-refractivity contribution in [2.45, 2.75) is 49.6 Å². The second-order valence-corrected chi connectivity index (χ2v) is 9.43. The van der Waals surface area contributed by atoms with Crippen LogP contribution in [0.2, 0.25) is 0 Å². The van der Waals surface area contributed by atoms with E-state index in [4.69, 9.17) is 4.98 Å². The summed E-state index contributed by atoms with van der Waals surface area (Å²) in [5.74, 6) is 1.75. The molecule has 0 spiro atoms. The lowest BCUT2D eigenvalue weighted by Gasteiger charge is -2.11. The lowest BCUT2D eigenvalue weighted by molar-refractivity contribution is 0.590. The predicted molar refractivity (Wildman–Crippen MR) is 118 cm³/mol. The van der Waals surface area contributed by atoms with Crippen LogP contribution in [-0.2, 0) is 13.0 Å². The van der Waals surface area contributed by atoms with Crippen molar-refractivity contribution in [1.29, 1.82) is 0 Å². The molecule has 3 aromatic heterocycles. The number of hydrogen-bond acceptors (Lipinski definition) is 6. The molecule has 1 aliphatic rings. The van der Waals surface area contributed by atoms with Gasteiger partial charge in [0.05, 0.1) is 10.6 Å². The zero-order valence-electron chi connectivity index (χ0n) is 16.1. The molecule has 1 N–H and O–H groups in total. The second-order valence-electron chi connectivity index (χ2n) is 7.27. The van der Waals surface area contributed by atoms with Gasteiger partial charge in [0.2, 0.25) is 0 Å². The molecule has 6 nitrogen and oxygen atoms in total. The topological polar surface area (TPSA) is 76.5 Å². The van der Waals surface area contributed by atoms with Crippen LogP contribution in [0.5, 0.6) is 0 Å². The molecule has 1 aromatic carbocycles. The van der Waals surface area contributed by atoms with Crippen molar-refractivity contribution in [1.82, 2.24) is 24.7 Å². The maximum atomic E-state index is 12.9. The number of hydrogen-bond donors (Lipinski definition) is 1. The number of benzene rings is 1. The van der Waals surface area contributed by atoms with Gasteiger partial charge < -0.3 is 9.55 Å². The molecule has 0 bridgehead atoms. The Labute approximate surface area is 176 Å². The quantitative estimate of drug-likeness (QED) is 0.476. The average Bonchev–Trinajstić information content (AvgIpc) is 3.25. The number of fused-ring (bicyclic) bond motifs is 2. The number of thioether (sulfide) groups is 1. The summed E-state index contributed by atoms with van der Waals surface area (Å²) in [4.78, 5) is 21.5. The Balaban J connectivity index is 1.47. The number of rotatable bonds is 4. The smallest absolute Gasteiger partial charge is 0.260 e. The normalized spacial score (nSPS) is 15.2. The van der Waals surface area contributed by atoms with Crippen LogP contribution in [0, 0.1) is 0 Å². The summed E-state index contributed by atoms with van der Waals surface area (Å²) in [6.45, 7) is 3.02. The van der Waals surface area contributed by atoms with Crippen molar-refractivity contribution in [3.63, 3.8) is 0 Å². The van der Waals surface area contributed by atoms with E-state index in [-0.39, 0.29) is 10.8 Å². The van der Waals surface area contributed by atoms with E-state index in [1.54, 1.807) is 11.8 Å². The monoisotopic (exact) mass is 423 g/mol. The first-order chi connectivity index (χ1) is 14.2. The molecule has 29 heavy (non-hydrogen) atoms. The average molecular weight is 424 g/mol. The van der Waals surface area contributed by atoms with Crippen LogP contribution < -0.4 is 5.56 Å². The van der Waals surface area contributed by atoms with Gasteiger partial charge in [-0.15, -0.1) is 21.5 Å². The van der Waals surface area contributed by atoms with E-state index in [9.17, 15) is 4.79 Å². The van der Waals surface area contributed by atoms with Crippen LogP contribution in [0.25, 0.3) is 21.3 Å². The van der Waals surface area contributed by atoms with Gasteiger partial charge in [0.25, 0.3) is 5.56 Å². The number of aromatic amines is 1. The summed E-state index contributed by atoms with van der Waals surface area (Å²) in [6, 6.07) is 9.97. The minimum absolute atomic E-state index is 0.0223. The minimum atomic E-state index is -0.0855. The zero-order chi connectivity index (χ0) is 19.8. The minimum Gasteiger partial charge on any atom is -0.309 e. The number of aryl methyl sites for hydroxylation is 1. The second kappa shape index (κ2) is 7.76. The van der Waals surface area contributed by atoms with Gasteiger partial charge in [-0.2, -0.15) is 0 Å². The van der Waals surface area contributed by atoms with Crippen LogP contribution in [0.4, 0.5) is 0 Å². The Kier molecular flexibility index (Phi) is 4.97. The number of thiophene rings is 1. The van der Waals surface area contributed by atoms with Crippen LogP contribution >= 0.6 is 23.1 Å². The molecule has 0 radical (unpaired) electrons. The molecular weight excluding hydrogens is 402 g/mol. The lowest BCUT2D eigenvalue weighted by atomic mass is 10.1. The molecule has 0 fully saturated rings. The van der Waals surface area contributed by atoms with Crippen LogP contribution in [0.15, 0.2) is 45.7 Å². The first-order valence-corrected chi connectivity index (χ1v) is 11.6. The summed E-state index contributed by atoms with van der Waals surface area (Å²) < 4.78 is 2.23. The molecule has 5 rings (SSSR count). The van der Waals surface area contributed by atoms with E-state index >= 15 is 0 Å². The fourth-order valence-corrected chi connectivity index (χ4v) is 5.65. The Hall–Kier alpha value is -2.45. The van der Waals surface area contributed by atoms with E-state index in [1.165, 1.54) is 24.2 Å². The number of H-pyrrole nitrogens is 1. The molecule has 8 heteroatoms. The largest absolute Gasteiger partial charge is 0.309 e. The summed E-state index contributed by atoms with van der Waals surface area (Å²) in [7, 11) is 0. The summed E-state index contributed by atoms with van der Waals surface area (Å²) in [5.41, 5.74) is 1.89. The number of aromatic nitrogens is 5. The maximum absolute atomic E-state index is 12.9. The Morgan fingerprint density at radius 2 is 2.03 bits per heavy atom. The van der Waals surface area contributed by atoms with E-state index in [0.717, 1.165) is 46.3 Å². The highest BCUT2D eigenvalue weighted by Crippen LogP contribution is 2.35. The molecule has 148 valence electrons. The Morgan fingerprint density at radius 3 is 2.90 bits per heavy atom. The van der Waals surface area contributed by atoms with E-state index in [1.807, 2.05) is 35.7 Å². The van der Waals surface area contributed by atoms with E-state index in [0.29, 0.717) is 11.2 Å². The van der Waals surface area contributed by atoms with Crippen molar-refractivity contribution in [2.75, 3.05) is 0 Å². The highest BCUT2D eigenvalue weighted by molar-refractivity contribution is 7.99. The van der Waals surface area contributed by atoms with Gasteiger partial charge in [-0.1, -0.05) is 48.5 Å². The van der Waals surface area contributed by atoms with Crippen molar-refractivity contribution in [2.24, 2.45) is 0 Å². The summed E-state index contributed by atoms with van der Waals surface area (Å²) in [5, 5.41) is 12.3. The molecule has 1 atom stereocenters. The number of nitrogens with zero attached hydrogens (tertiary/aromatic N) is 4. The van der Waals surface area contributed by atoms with Gasteiger partial charge in [-0.05, 0) is 25.3 Å². The fraction of sp³-hybridized carbons (Fsp3) is 0.333. The van der Waals surface area contributed by atoms with Gasteiger partial charge in [0.1, 0.15) is 16.5 Å². The number of nitrogens with one attached hydrogen (secondary N) is 1. The Morgan fingerprint density at radius 1 is 1.17 bits per heavy atom. The Bertz CT molecular complexity index is 1210. The highest BCUT2D eigenvalue weighted by Gasteiger charge is 2.21. The lowest BCUT2D eigenvalue weighted by Crippen LogP contribution is -2.13. The van der Waals surface area contributed by atoms with Crippen LogP contribution in [0.3, 0.4) is 0 Å². The van der Waals surface area contributed by atoms with Crippen molar-refractivity contribution >= 4 is 33.3 Å². The van der Waals surface area contributed by atoms with E-state index < -0.39 is 0 Å². The first kappa shape index (κ1) is 18.6. The van der Waals surface area contributed by atoms with Gasteiger partial charge >= 0.3 is 0 Å². The standard InChI is InChI=1S/C21H21N5OS2/c1-13(29-21-25-24-16-10-6-3-7-11-26(16)21)18-22-19(27)17-15(12-28-20(17)23-18)14-8-4-2-5-9-14/h2,4-5,8-9,12-13H,3,6-7,10-11H2,1H3,(H,22,23,27)/t13-/m1/s1. The molecule has 0 aliphatic carbocycles. The zero-order valence-corrected chi connectivity index (χ0v) is 17.7. The van der Waals surface area contributed by atoms with Crippen LogP contribution in [-0.4, -0.2) is 24.7 Å². The third-order valence-electron chi connectivity index (χ3n) is 5.29. The molecule has 0 saturated heterocycles. The van der Waals surface area contributed by atoms with Crippen LogP contribution in [0.1, 0.15) is 43.1 Å². The third kappa shape index (κ3) is 3.51. The maximum Gasteiger partial charge on any atom is 0.260 e. The molecule has 0 unspecified atom stereocenters. The van der Waals surface area contributed by atoms with Crippen molar-refractivity contribution in [3.05, 3.63) is 57.7 Å². The van der Waals surface area contributed by atoms with Gasteiger partial charge in [0, 0.05) is 23.9 Å². The SMILES string of the molecule is C[C@@H](Sc1nnc2n1CCCCC2)c1nc2scc(-c3ccccc3)c2c(=O)[nH]1. The summed E-state index contributed by atoms with van der Waals surface area (Å²) in [6.07, 6.45) is 4.55. The van der Waals surface area contributed by atoms with Crippen molar-refractivity contribution in [3.8, 4) is 11.1 Å². The first-order valence-electron chi connectivity index (χ1n) is 9.86. The predicted octanol–water partition coefficient (Wildman–Crippen LogP) is 4.82.